The van der Waals surface area contributed by atoms with Gasteiger partial charge in [0, 0.05) is 5.69 Å². The van der Waals surface area contributed by atoms with Crippen molar-refractivity contribution >= 4 is 24.4 Å². The molecule has 1 aromatic heterocycles. The topological polar surface area (TPSA) is 59.2 Å². The van der Waals surface area contributed by atoms with E-state index in [-0.39, 0.29) is 11.5 Å². The number of rotatable bonds is 4. The highest BCUT2D eigenvalue weighted by atomic mass is 32.1. The Balaban J connectivity index is 3.17. The van der Waals surface area contributed by atoms with Crippen molar-refractivity contribution < 1.29 is 14.3 Å². The maximum Gasteiger partial charge on any atom is 0.340 e. The number of aromatic amines is 1. The summed E-state index contributed by atoms with van der Waals surface area (Å²) in [6, 6.07) is 0. The number of aromatic nitrogens is 1. The minimum atomic E-state index is -0.405. The van der Waals surface area contributed by atoms with E-state index in [4.69, 9.17) is 17.4 Å². The van der Waals surface area contributed by atoms with Crippen LogP contribution in [0.4, 0.5) is 0 Å². The van der Waals surface area contributed by atoms with E-state index in [1.807, 2.05) is 0 Å². The monoisotopic (exact) mass is 240 g/mol. The van der Waals surface area contributed by atoms with Crippen molar-refractivity contribution in [1.29, 1.82) is 0 Å². The Morgan fingerprint density at radius 3 is 2.50 bits per heavy atom. The lowest BCUT2D eigenvalue weighted by Gasteiger charge is -2.02. The zero-order valence-corrected chi connectivity index (χ0v) is 10.4. The fraction of sp³-hybridized carbons (Fsp3) is 0.455. The maximum atomic E-state index is 11.6. The van der Waals surface area contributed by atoms with Gasteiger partial charge in [0.25, 0.3) is 0 Å². The first-order valence-electron chi connectivity index (χ1n) is 5.00. The lowest BCUT2D eigenvalue weighted by molar-refractivity contribution is 0.0525. The van der Waals surface area contributed by atoms with Gasteiger partial charge in [-0.2, -0.15) is 0 Å². The number of ketones is 1. The third-order valence-corrected chi connectivity index (χ3v) is 2.59. The van der Waals surface area contributed by atoms with Gasteiger partial charge < -0.3 is 9.72 Å². The molecule has 1 rings (SSSR count). The van der Waals surface area contributed by atoms with Crippen molar-refractivity contribution in [1.82, 2.24) is 4.98 Å². The second kappa shape index (κ2) is 5.21. The van der Waals surface area contributed by atoms with Crippen molar-refractivity contribution in [2.75, 3.05) is 12.4 Å². The normalized spacial score (nSPS) is 10.2. The van der Waals surface area contributed by atoms with Gasteiger partial charge in [-0.3, -0.25) is 4.79 Å². The van der Waals surface area contributed by atoms with E-state index in [9.17, 15) is 9.59 Å². The van der Waals surface area contributed by atoms with E-state index >= 15 is 0 Å². The fourth-order valence-electron chi connectivity index (χ4n) is 1.61. The van der Waals surface area contributed by atoms with Crippen LogP contribution in [0.5, 0.6) is 0 Å². The summed E-state index contributed by atoms with van der Waals surface area (Å²) in [4.78, 5) is 26.0. The molecule has 0 bridgehead atoms. The minimum absolute atomic E-state index is 0.00303. The number of carbonyl (C=O) groups is 2. The quantitative estimate of drug-likeness (QED) is 0.648. The standard InChI is InChI=1S/C11H14NO3S/c1-4-15-11(14)9-6(2)10(8(13)5-16)12-7(9)3/h12H,4-5H2,1-3H3. The second-order valence-electron chi connectivity index (χ2n) is 3.41. The van der Waals surface area contributed by atoms with Gasteiger partial charge in [-0.25, -0.2) is 4.79 Å². The largest absolute Gasteiger partial charge is 0.462 e. The molecule has 0 saturated heterocycles. The molecule has 1 radical (unpaired) electrons. The third kappa shape index (κ3) is 2.29. The number of ether oxygens (including phenoxy) is 1. The van der Waals surface area contributed by atoms with Crippen LogP contribution in [0.15, 0.2) is 0 Å². The van der Waals surface area contributed by atoms with Crippen LogP contribution in [0.25, 0.3) is 0 Å². The number of esters is 1. The molecule has 0 fully saturated rings. The Hall–Kier alpha value is -1.23. The number of hydrogen-bond acceptors (Lipinski definition) is 3. The Morgan fingerprint density at radius 2 is 2.00 bits per heavy atom. The molecule has 0 saturated carbocycles. The number of hydrogen-bond donors (Lipinski definition) is 1. The van der Waals surface area contributed by atoms with Gasteiger partial charge in [0.2, 0.25) is 0 Å². The molecular formula is C11H14NO3S. The Morgan fingerprint density at radius 1 is 1.38 bits per heavy atom. The van der Waals surface area contributed by atoms with Crippen LogP contribution in [-0.2, 0) is 4.74 Å². The Bertz CT molecular complexity index is 423. The molecule has 0 aromatic carbocycles. The lowest BCUT2D eigenvalue weighted by atomic mass is 10.1. The van der Waals surface area contributed by atoms with Crippen LogP contribution in [0, 0.1) is 13.8 Å². The molecule has 0 aliphatic rings. The van der Waals surface area contributed by atoms with Crippen molar-refractivity contribution in [3.05, 3.63) is 22.5 Å². The summed E-state index contributed by atoms with van der Waals surface area (Å²) in [7, 11) is 0. The minimum Gasteiger partial charge on any atom is -0.462 e. The van der Waals surface area contributed by atoms with E-state index in [0.717, 1.165) is 0 Å². The fourth-order valence-corrected chi connectivity index (χ4v) is 1.75. The second-order valence-corrected chi connectivity index (χ2v) is 3.70. The maximum absolute atomic E-state index is 11.6. The zero-order valence-electron chi connectivity index (χ0n) is 9.55. The highest BCUT2D eigenvalue weighted by Gasteiger charge is 2.21. The van der Waals surface area contributed by atoms with E-state index < -0.39 is 5.97 Å². The first kappa shape index (κ1) is 12.8. The predicted molar refractivity (Wildman–Crippen MR) is 63.0 cm³/mol. The number of aryl methyl sites for hydroxylation is 1. The number of carbonyl (C=O) groups excluding carboxylic acids is 2. The summed E-state index contributed by atoms with van der Waals surface area (Å²) in [6.07, 6.45) is 0. The third-order valence-electron chi connectivity index (χ3n) is 2.33. The Labute approximate surface area is 99.8 Å². The van der Waals surface area contributed by atoms with Crippen molar-refractivity contribution in [3.63, 3.8) is 0 Å². The van der Waals surface area contributed by atoms with E-state index in [1.54, 1.807) is 20.8 Å². The molecule has 0 aliphatic heterocycles. The predicted octanol–water partition coefficient (Wildman–Crippen LogP) is 2.19. The molecule has 1 N–H and O–H groups in total. The summed E-state index contributed by atoms with van der Waals surface area (Å²) in [5.41, 5.74) is 2.11. The lowest BCUT2D eigenvalue weighted by Crippen LogP contribution is -2.07. The summed E-state index contributed by atoms with van der Waals surface area (Å²) >= 11 is 4.70. The average Bonchev–Trinajstić information content (AvgIpc) is 2.53. The molecular weight excluding hydrogens is 226 g/mol. The highest BCUT2D eigenvalue weighted by Crippen LogP contribution is 2.19. The highest BCUT2D eigenvalue weighted by molar-refractivity contribution is 7.81. The molecule has 0 atom stereocenters. The van der Waals surface area contributed by atoms with Crippen LogP contribution in [0.3, 0.4) is 0 Å². The number of Topliss-reactive ketones (excluding diaryl/α,β-unsaturated/α-hetero) is 1. The Kier molecular flexibility index (Phi) is 4.18. The zero-order chi connectivity index (χ0) is 12.3. The molecule has 0 aliphatic carbocycles. The van der Waals surface area contributed by atoms with Crippen LogP contribution in [0.2, 0.25) is 0 Å². The van der Waals surface area contributed by atoms with Crippen LogP contribution < -0.4 is 0 Å². The van der Waals surface area contributed by atoms with Gasteiger partial charge in [0.1, 0.15) is 0 Å². The molecule has 0 amide bonds. The average molecular weight is 240 g/mol. The van der Waals surface area contributed by atoms with E-state index in [1.165, 1.54) is 0 Å². The first-order chi connectivity index (χ1) is 7.52. The molecule has 1 aromatic rings. The number of H-pyrrole nitrogens is 1. The molecule has 0 unspecified atom stereocenters. The van der Waals surface area contributed by atoms with Crippen LogP contribution >= 0.6 is 12.6 Å². The number of nitrogens with one attached hydrogen (secondary N) is 1. The SMILES string of the molecule is CCOC(=O)c1c(C)[nH]c(C(=O)C[S])c1C. The summed E-state index contributed by atoms with van der Waals surface area (Å²) in [5, 5.41) is 0. The van der Waals surface area contributed by atoms with E-state index in [2.05, 4.69) is 4.98 Å². The molecule has 5 heteroatoms. The molecule has 16 heavy (non-hydrogen) atoms. The van der Waals surface area contributed by atoms with Crippen LogP contribution in [-0.4, -0.2) is 29.1 Å². The van der Waals surface area contributed by atoms with E-state index in [0.29, 0.717) is 29.1 Å². The van der Waals surface area contributed by atoms with Crippen molar-refractivity contribution in [2.24, 2.45) is 0 Å². The molecule has 4 nitrogen and oxygen atoms in total. The van der Waals surface area contributed by atoms with Gasteiger partial charge in [0.15, 0.2) is 5.78 Å². The smallest absolute Gasteiger partial charge is 0.340 e. The first-order valence-corrected chi connectivity index (χ1v) is 5.58. The van der Waals surface area contributed by atoms with Gasteiger partial charge in [-0.05, 0) is 26.3 Å². The summed E-state index contributed by atoms with van der Waals surface area (Å²) < 4.78 is 4.92. The van der Waals surface area contributed by atoms with Gasteiger partial charge in [0.05, 0.1) is 23.6 Å². The molecule has 0 spiro atoms. The van der Waals surface area contributed by atoms with Gasteiger partial charge in [-0.15, -0.1) is 0 Å². The van der Waals surface area contributed by atoms with Crippen LogP contribution in [0.1, 0.15) is 39.0 Å². The van der Waals surface area contributed by atoms with Gasteiger partial charge in [-0.1, -0.05) is 12.6 Å². The summed E-state index contributed by atoms with van der Waals surface area (Å²) in [5.74, 6) is -0.577. The molecule has 1 heterocycles. The summed E-state index contributed by atoms with van der Waals surface area (Å²) in [6.45, 7) is 5.51. The van der Waals surface area contributed by atoms with Crippen molar-refractivity contribution in [2.45, 2.75) is 20.8 Å². The van der Waals surface area contributed by atoms with Crippen molar-refractivity contribution in [3.8, 4) is 0 Å². The molecule has 87 valence electrons. The van der Waals surface area contributed by atoms with Gasteiger partial charge >= 0.3 is 5.97 Å².